The van der Waals surface area contributed by atoms with E-state index in [9.17, 15) is 9.59 Å². The number of benzene rings is 1. The molecule has 0 fully saturated rings. The quantitative estimate of drug-likeness (QED) is 0.455. The topological polar surface area (TPSA) is 48.3 Å². The predicted molar refractivity (Wildman–Crippen MR) is 73.2 cm³/mol. The van der Waals surface area contributed by atoms with E-state index < -0.39 is 0 Å². The number of carbonyl (C=O) groups is 2. The van der Waals surface area contributed by atoms with Crippen LogP contribution in [-0.4, -0.2) is 23.4 Å². The van der Waals surface area contributed by atoms with Crippen LogP contribution in [0.5, 0.6) is 0 Å². The Bertz CT molecular complexity index is 586. The van der Waals surface area contributed by atoms with E-state index in [4.69, 9.17) is 4.74 Å². The number of hydrogen-bond acceptors (Lipinski definition) is 3. The molecule has 19 heavy (non-hydrogen) atoms. The maximum atomic E-state index is 11.7. The van der Waals surface area contributed by atoms with Crippen molar-refractivity contribution in [2.45, 2.75) is 26.3 Å². The zero-order valence-corrected chi connectivity index (χ0v) is 11.0. The lowest BCUT2D eigenvalue weighted by atomic mass is 10.1. The first-order chi connectivity index (χ1) is 9.26. The first-order valence-corrected chi connectivity index (χ1v) is 6.45. The Hall–Kier alpha value is -2.10. The Kier molecular flexibility index (Phi) is 4.34. The van der Waals surface area contributed by atoms with Gasteiger partial charge >= 0.3 is 5.97 Å². The van der Waals surface area contributed by atoms with Crippen molar-refractivity contribution in [3.05, 3.63) is 36.0 Å². The fourth-order valence-corrected chi connectivity index (χ4v) is 2.03. The molecule has 100 valence electrons. The molecule has 0 radical (unpaired) electrons. The molecule has 0 bridgehead atoms. The minimum atomic E-state index is -0.272. The second kappa shape index (κ2) is 6.18. The molecule has 1 aromatic carbocycles. The number of ether oxygens (including phenoxy) is 1. The summed E-state index contributed by atoms with van der Waals surface area (Å²) in [6.07, 6.45) is 4.48. The molecular formula is C15H17NO3. The van der Waals surface area contributed by atoms with E-state index in [-0.39, 0.29) is 12.5 Å². The molecule has 2 aromatic rings. The summed E-state index contributed by atoms with van der Waals surface area (Å²) in [7, 11) is 0. The second-order valence-electron chi connectivity index (χ2n) is 4.42. The van der Waals surface area contributed by atoms with E-state index in [2.05, 4.69) is 0 Å². The molecule has 0 saturated carbocycles. The van der Waals surface area contributed by atoms with Gasteiger partial charge < -0.3 is 9.30 Å². The Balaban J connectivity index is 2.16. The number of nitrogens with zero attached hydrogens (tertiary/aromatic N) is 1. The van der Waals surface area contributed by atoms with Crippen molar-refractivity contribution < 1.29 is 14.3 Å². The monoisotopic (exact) mass is 259 g/mol. The molecule has 0 N–H and O–H groups in total. The Morgan fingerprint density at radius 3 is 2.95 bits per heavy atom. The van der Waals surface area contributed by atoms with Crippen LogP contribution in [0.2, 0.25) is 0 Å². The summed E-state index contributed by atoms with van der Waals surface area (Å²) in [5, 5.41) is 0.950. The van der Waals surface area contributed by atoms with E-state index >= 15 is 0 Å². The zero-order valence-electron chi connectivity index (χ0n) is 11.0. The number of aldehydes is 1. The number of carbonyl (C=O) groups excluding carboxylic acids is 2. The highest BCUT2D eigenvalue weighted by Gasteiger charge is 2.10. The summed E-state index contributed by atoms with van der Waals surface area (Å²) in [5.74, 6) is -0.272. The number of esters is 1. The average molecular weight is 259 g/mol. The van der Waals surface area contributed by atoms with Crippen LogP contribution in [0.3, 0.4) is 0 Å². The summed E-state index contributed by atoms with van der Waals surface area (Å²) >= 11 is 0. The number of para-hydroxylation sites is 1. The maximum absolute atomic E-state index is 11.7. The van der Waals surface area contributed by atoms with Crippen molar-refractivity contribution in [2.75, 3.05) is 6.61 Å². The van der Waals surface area contributed by atoms with Crippen molar-refractivity contribution in [3.8, 4) is 0 Å². The molecule has 0 spiro atoms. The first-order valence-electron chi connectivity index (χ1n) is 6.45. The number of unbranched alkanes of at least 4 members (excludes halogenated alkanes) is 1. The number of hydrogen-bond donors (Lipinski definition) is 0. The van der Waals surface area contributed by atoms with Crippen LogP contribution in [-0.2, 0) is 16.1 Å². The standard InChI is InChI=1S/C15H17NO3/c1-2-3-9-19-14(18)10-16-8-7-12-5-4-6-13(11-17)15(12)16/h4-8,11H,2-3,9-10H2,1H3. The first kappa shape index (κ1) is 13.3. The molecule has 0 aliphatic rings. The van der Waals surface area contributed by atoms with Gasteiger partial charge in [0.15, 0.2) is 6.29 Å². The highest BCUT2D eigenvalue weighted by atomic mass is 16.5. The van der Waals surface area contributed by atoms with Gasteiger partial charge in [-0.05, 0) is 18.6 Å². The second-order valence-corrected chi connectivity index (χ2v) is 4.42. The minimum Gasteiger partial charge on any atom is -0.464 e. The highest BCUT2D eigenvalue weighted by Crippen LogP contribution is 2.19. The van der Waals surface area contributed by atoms with Crippen LogP contribution in [0, 0.1) is 0 Å². The summed E-state index contributed by atoms with van der Waals surface area (Å²) in [6.45, 7) is 2.64. The lowest BCUT2D eigenvalue weighted by Gasteiger charge is -2.07. The zero-order chi connectivity index (χ0) is 13.7. The summed E-state index contributed by atoms with van der Waals surface area (Å²) in [6, 6.07) is 7.38. The molecule has 0 aliphatic heterocycles. The third-order valence-electron chi connectivity index (χ3n) is 3.01. The Morgan fingerprint density at radius 2 is 2.21 bits per heavy atom. The highest BCUT2D eigenvalue weighted by molar-refractivity contribution is 5.96. The van der Waals surface area contributed by atoms with Crippen LogP contribution in [0.1, 0.15) is 30.1 Å². The van der Waals surface area contributed by atoms with Gasteiger partial charge in [-0.1, -0.05) is 25.5 Å². The molecule has 1 heterocycles. The third-order valence-corrected chi connectivity index (χ3v) is 3.01. The predicted octanol–water partition coefficient (Wildman–Crippen LogP) is 2.80. The Labute approximate surface area is 112 Å². The van der Waals surface area contributed by atoms with Crippen molar-refractivity contribution in [1.29, 1.82) is 0 Å². The van der Waals surface area contributed by atoms with E-state index in [0.717, 1.165) is 30.0 Å². The van der Waals surface area contributed by atoms with Crippen molar-refractivity contribution in [2.24, 2.45) is 0 Å². The van der Waals surface area contributed by atoms with E-state index in [1.54, 1.807) is 16.8 Å². The molecule has 0 aliphatic carbocycles. The van der Waals surface area contributed by atoms with Crippen molar-refractivity contribution in [1.82, 2.24) is 4.57 Å². The van der Waals surface area contributed by atoms with E-state index in [0.29, 0.717) is 12.2 Å². The van der Waals surface area contributed by atoms with E-state index in [1.165, 1.54) is 0 Å². The SMILES string of the molecule is CCCCOC(=O)Cn1ccc2cccc(C=O)c21. The fourth-order valence-electron chi connectivity index (χ4n) is 2.03. The average Bonchev–Trinajstić information content (AvgIpc) is 2.82. The Morgan fingerprint density at radius 1 is 1.37 bits per heavy atom. The largest absolute Gasteiger partial charge is 0.464 e. The van der Waals surface area contributed by atoms with Gasteiger partial charge in [0.1, 0.15) is 6.54 Å². The van der Waals surface area contributed by atoms with Crippen LogP contribution in [0.15, 0.2) is 30.5 Å². The number of rotatable bonds is 6. The molecule has 0 amide bonds. The summed E-state index contributed by atoms with van der Waals surface area (Å²) in [5.41, 5.74) is 1.37. The lowest BCUT2D eigenvalue weighted by molar-refractivity contribution is -0.144. The van der Waals surface area contributed by atoms with Gasteiger partial charge in [-0.3, -0.25) is 9.59 Å². The van der Waals surface area contributed by atoms with Crippen LogP contribution >= 0.6 is 0 Å². The van der Waals surface area contributed by atoms with Crippen LogP contribution < -0.4 is 0 Å². The third kappa shape index (κ3) is 3.02. The maximum Gasteiger partial charge on any atom is 0.325 e. The fraction of sp³-hybridized carbons (Fsp3) is 0.333. The van der Waals surface area contributed by atoms with Crippen molar-refractivity contribution >= 4 is 23.2 Å². The molecule has 0 unspecified atom stereocenters. The number of fused-ring (bicyclic) bond motifs is 1. The van der Waals surface area contributed by atoms with Gasteiger partial charge in [-0.25, -0.2) is 0 Å². The van der Waals surface area contributed by atoms with Crippen LogP contribution in [0.25, 0.3) is 10.9 Å². The molecular weight excluding hydrogens is 242 g/mol. The van der Waals surface area contributed by atoms with E-state index in [1.807, 2.05) is 25.1 Å². The molecule has 0 atom stereocenters. The van der Waals surface area contributed by atoms with Gasteiger partial charge in [0.05, 0.1) is 12.1 Å². The molecule has 4 nitrogen and oxygen atoms in total. The summed E-state index contributed by atoms with van der Waals surface area (Å²) < 4.78 is 6.89. The summed E-state index contributed by atoms with van der Waals surface area (Å²) in [4.78, 5) is 22.7. The van der Waals surface area contributed by atoms with Crippen LogP contribution in [0.4, 0.5) is 0 Å². The lowest BCUT2D eigenvalue weighted by Crippen LogP contribution is -2.14. The molecule has 2 rings (SSSR count). The van der Waals surface area contributed by atoms with Gasteiger partial charge in [-0.15, -0.1) is 0 Å². The normalized spacial score (nSPS) is 10.6. The molecule has 1 aromatic heterocycles. The van der Waals surface area contributed by atoms with Gasteiger partial charge in [0, 0.05) is 17.1 Å². The van der Waals surface area contributed by atoms with Gasteiger partial charge in [0.2, 0.25) is 0 Å². The van der Waals surface area contributed by atoms with Crippen molar-refractivity contribution in [3.63, 3.8) is 0 Å². The minimum absolute atomic E-state index is 0.137. The molecule has 4 heteroatoms. The smallest absolute Gasteiger partial charge is 0.325 e. The molecule has 0 saturated heterocycles. The number of aromatic nitrogens is 1. The van der Waals surface area contributed by atoms with Gasteiger partial charge in [-0.2, -0.15) is 0 Å². The van der Waals surface area contributed by atoms with Gasteiger partial charge in [0.25, 0.3) is 0 Å².